The Bertz CT molecular complexity index is 380. The molecule has 0 saturated carbocycles. The number of methoxy groups -OCH3 is 1. The molecule has 0 heterocycles. The highest BCUT2D eigenvalue weighted by Crippen LogP contribution is 2.03. The molecule has 8 heteroatoms. The number of carbonyl (C=O) groups excluding carboxylic acids is 3. The van der Waals surface area contributed by atoms with Gasteiger partial charge in [-0.15, -0.1) is 0 Å². The van der Waals surface area contributed by atoms with Crippen LogP contribution < -0.4 is 10.6 Å². The fourth-order valence-electron chi connectivity index (χ4n) is 1.39. The summed E-state index contributed by atoms with van der Waals surface area (Å²) in [5, 5.41) is 12.8. The summed E-state index contributed by atoms with van der Waals surface area (Å²) in [6.07, 6.45) is -0.0881. The molecule has 114 valence electrons. The van der Waals surface area contributed by atoms with Gasteiger partial charge in [-0.25, -0.2) is 9.59 Å². The lowest BCUT2D eigenvalue weighted by Crippen LogP contribution is -2.50. The molecule has 0 aliphatic rings. The minimum atomic E-state index is -1.01. The van der Waals surface area contributed by atoms with Gasteiger partial charge in [0.05, 0.1) is 7.11 Å². The number of ether oxygens (including phenoxy) is 1. The standard InChI is InChI=1S/C12H20N2O6/c1-7(2)10(11(18)20-3)14-12(19)13-8(15)5-4-6-9(16)17/h7,10H,4-6H2,1-3H3,(H,16,17)(H2,13,14,15,19). The predicted octanol–water partition coefficient (Wildman–Crippen LogP) is 0.265. The highest BCUT2D eigenvalue weighted by molar-refractivity contribution is 5.96. The fourth-order valence-corrected chi connectivity index (χ4v) is 1.39. The minimum absolute atomic E-state index is 0.0791. The van der Waals surface area contributed by atoms with Crippen LogP contribution in [-0.4, -0.2) is 42.1 Å². The zero-order valence-electron chi connectivity index (χ0n) is 11.8. The van der Waals surface area contributed by atoms with E-state index in [0.29, 0.717) is 0 Å². The van der Waals surface area contributed by atoms with E-state index in [-0.39, 0.29) is 25.2 Å². The number of carbonyl (C=O) groups is 4. The maximum Gasteiger partial charge on any atom is 0.328 e. The van der Waals surface area contributed by atoms with E-state index in [1.54, 1.807) is 13.8 Å². The summed E-state index contributed by atoms with van der Waals surface area (Å²) in [4.78, 5) is 44.5. The lowest BCUT2D eigenvalue weighted by atomic mass is 10.1. The molecule has 0 rings (SSSR count). The van der Waals surface area contributed by atoms with Gasteiger partial charge >= 0.3 is 18.0 Å². The van der Waals surface area contributed by atoms with Crippen molar-refractivity contribution in [3.63, 3.8) is 0 Å². The van der Waals surface area contributed by atoms with E-state index < -0.39 is 29.9 Å². The van der Waals surface area contributed by atoms with Crippen molar-refractivity contribution < 1.29 is 29.0 Å². The van der Waals surface area contributed by atoms with Crippen molar-refractivity contribution in [2.24, 2.45) is 5.92 Å². The highest BCUT2D eigenvalue weighted by Gasteiger charge is 2.25. The van der Waals surface area contributed by atoms with E-state index >= 15 is 0 Å². The van der Waals surface area contributed by atoms with E-state index in [1.165, 1.54) is 7.11 Å². The monoisotopic (exact) mass is 288 g/mol. The van der Waals surface area contributed by atoms with Crippen molar-refractivity contribution in [1.29, 1.82) is 0 Å². The minimum Gasteiger partial charge on any atom is -0.481 e. The lowest BCUT2D eigenvalue weighted by Gasteiger charge is -2.19. The molecule has 0 aliphatic carbocycles. The van der Waals surface area contributed by atoms with Gasteiger partial charge in [-0.3, -0.25) is 14.9 Å². The summed E-state index contributed by atoms with van der Waals surface area (Å²) in [5.41, 5.74) is 0. The van der Waals surface area contributed by atoms with Crippen LogP contribution in [-0.2, 0) is 19.1 Å². The van der Waals surface area contributed by atoms with Crippen LogP contribution in [0.2, 0.25) is 0 Å². The number of hydrogen-bond donors (Lipinski definition) is 3. The summed E-state index contributed by atoms with van der Waals surface area (Å²) < 4.78 is 4.54. The zero-order valence-corrected chi connectivity index (χ0v) is 11.8. The molecule has 1 atom stereocenters. The average Bonchev–Trinajstić information content (AvgIpc) is 2.34. The Morgan fingerprint density at radius 2 is 1.75 bits per heavy atom. The van der Waals surface area contributed by atoms with Crippen LogP contribution in [0.15, 0.2) is 0 Å². The van der Waals surface area contributed by atoms with Gasteiger partial charge in [0.25, 0.3) is 0 Å². The number of imide groups is 1. The van der Waals surface area contributed by atoms with E-state index in [1.807, 2.05) is 5.32 Å². The van der Waals surface area contributed by atoms with E-state index in [2.05, 4.69) is 10.1 Å². The molecule has 0 spiro atoms. The Morgan fingerprint density at radius 3 is 2.20 bits per heavy atom. The smallest absolute Gasteiger partial charge is 0.328 e. The first-order valence-electron chi connectivity index (χ1n) is 6.17. The maximum absolute atomic E-state index is 11.5. The van der Waals surface area contributed by atoms with Crippen molar-refractivity contribution in [3.8, 4) is 0 Å². The van der Waals surface area contributed by atoms with Crippen LogP contribution >= 0.6 is 0 Å². The summed E-state index contributed by atoms with van der Waals surface area (Å²) in [5.74, 6) is -2.41. The Labute approximate surface area is 116 Å². The quantitative estimate of drug-likeness (QED) is 0.578. The largest absolute Gasteiger partial charge is 0.481 e. The fraction of sp³-hybridized carbons (Fsp3) is 0.667. The van der Waals surface area contributed by atoms with Crippen molar-refractivity contribution >= 4 is 23.9 Å². The molecular weight excluding hydrogens is 268 g/mol. The second-order valence-electron chi connectivity index (χ2n) is 4.51. The summed E-state index contributed by atoms with van der Waals surface area (Å²) >= 11 is 0. The number of amides is 3. The van der Waals surface area contributed by atoms with Crippen LogP contribution in [0.3, 0.4) is 0 Å². The third kappa shape index (κ3) is 7.34. The van der Waals surface area contributed by atoms with Gasteiger partial charge in [-0.05, 0) is 12.3 Å². The van der Waals surface area contributed by atoms with Crippen molar-refractivity contribution in [2.75, 3.05) is 7.11 Å². The van der Waals surface area contributed by atoms with Gasteiger partial charge < -0.3 is 15.2 Å². The third-order valence-corrected chi connectivity index (χ3v) is 2.46. The summed E-state index contributed by atoms with van der Waals surface area (Å²) in [7, 11) is 1.20. The van der Waals surface area contributed by atoms with E-state index in [9.17, 15) is 19.2 Å². The summed E-state index contributed by atoms with van der Waals surface area (Å²) in [6, 6.07) is -1.67. The van der Waals surface area contributed by atoms with E-state index in [0.717, 1.165) is 0 Å². The number of urea groups is 1. The normalized spacial score (nSPS) is 11.6. The van der Waals surface area contributed by atoms with Gasteiger partial charge in [-0.1, -0.05) is 13.8 Å². The highest BCUT2D eigenvalue weighted by atomic mass is 16.5. The molecule has 0 aromatic rings. The van der Waals surface area contributed by atoms with Crippen LogP contribution in [0.1, 0.15) is 33.1 Å². The van der Waals surface area contributed by atoms with Gasteiger partial charge in [0, 0.05) is 12.8 Å². The molecule has 0 saturated heterocycles. The van der Waals surface area contributed by atoms with E-state index in [4.69, 9.17) is 5.11 Å². The number of nitrogens with one attached hydrogen (secondary N) is 2. The Kier molecular flexibility index (Phi) is 7.95. The molecule has 0 aromatic heterocycles. The maximum atomic E-state index is 11.5. The second kappa shape index (κ2) is 8.89. The first kappa shape index (κ1) is 17.9. The second-order valence-corrected chi connectivity index (χ2v) is 4.51. The molecule has 0 fully saturated rings. The van der Waals surface area contributed by atoms with Gasteiger partial charge in [-0.2, -0.15) is 0 Å². The zero-order chi connectivity index (χ0) is 15.7. The van der Waals surface area contributed by atoms with Crippen LogP contribution in [0, 0.1) is 5.92 Å². The van der Waals surface area contributed by atoms with Crippen LogP contribution in [0.4, 0.5) is 4.79 Å². The molecule has 0 aliphatic heterocycles. The molecule has 8 nitrogen and oxygen atoms in total. The number of esters is 1. The Hall–Kier alpha value is -2.12. The molecule has 0 bridgehead atoms. The van der Waals surface area contributed by atoms with Crippen molar-refractivity contribution in [1.82, 2.24) is 10.6 Å². The molecule has 3 amide bonds. The topological polar surface area (TPSA) is 122 Å². The average molecular weight is 288 g/mol. The number of hydrogen-bond acceptors (Lipinski definition) is 5. The first-order chi connectivity index (χ1) is 9.27. The van der Waals surface area contributed by atoms with Gasteiger partial charge in [0.2, 0.25) is 5.91 Å². The molecule has 3 N–H and O–H groups in total. The SMILES string of the molecule is COC(=O)C(NC(=O)NC(=O)CCCC(=O)O)C(C)C. The first-order valence-corrected chi connectivity index (χ1v) is 6.17. The molecule has 0 aromatic carbocycles. The molecular formula is C12H20N2O6. The van der Waals surface area contributed by atoms with Crippen molar-refractivity contribution in [3.05, 3.63) is 0 Å². The number of aliphatic carboxylic acids is 1. The predicted molar refractivity (Wildman–Crippen MR) is 68.8 cm³/mol. The number of rotatable bonds is 7. The van der Waals surface area contributed by atoms with Crippen LogP contribution in [0.5, 0.6) is 0 Å². The number of carboxylic acids is 1. The Morgan fingerprint density at radius 1 is 1.15 bits per heavy atom. The van der Waals surface area contributed by atoms with Gasteiger partial charge in [0.15, 0.2) is 0 Å². The van der Waals surface area contributed by atoms with Crippen molar-refractivity contribution in [2.45, 2.75) is 39.2 Å². The lowest BCUT2D eigenvalue weighted by molar-refractivity contribution is -0.144. The third-order valence-electron chi connectivity index (χ3n) is 2.46. The van der Waals surface area contributed by atoms with Crippen LogP contribution in [0.25, 0.3) is 0 Å². The molecule has 1 unspecified atom stereocenters. The molecule has 20 heavy (non-hydrogen) atoms. The Balaban J connectivity index is 4.22. The summed E-state index contributed by atoms with van der Waals surface area (Å²) in [6.45, 7) is 3.44. The number of carboxylic acid groups (broad SMARTS) is 1. The molecule has 0 radical (unpaired) electrons. The van der Waals surface area contributed by atoms with Gasteiger partial charge in [0.1, 0.15) is 6.04 Å².